The number of rotatable bonds is 6. The Bertz CT molecular complexity index is 1150. The van der Waals surface area contributed by atoms with E-state index >= 15 is 0 Å². The fourth-order valence-corrected chi connectivity index (χ4v) is 4.09. The lowest BCUT2D eigenvalue weighted by Crippen LogP contribution is -2.27. The van der Waals surface area contributed by atoms with Crippen molar-refractivity contribution in [1.29, 1.82) is 5.41 Å². The van der Waals surface area contributed by atoms with Crippen molar-refractivity contribution < 1.29 is 4.79 Å². The zero-order valence-electron chi connectivity index (χ0n) is 18.4. The number of hydrogen-bond acceptors (Lipinski definition) is 5. The van der Waals surface area contributed by atoms with E-state index in [1.165, 1.54) is 0 Å². The van der Waals surface area contributed by atoms with Crippen molar-refractivity contribution in [3.05, 3.63) is 72.3 Å². The largest absolute Gasteiger partial charge is 0.383 e. The van der Waals surface area contributed by atoms with Crippen LogP contribution in [0.25, 0.3) is 11.3 Å². The first-order valence-corrected chi connectivity index (χ1v) is 10.8. The first-order chi connectivity index (χ1) is 15.5. The Morgan fingerprint density at radius 3 is 2.50 bits per heavy atom. The van der Waals surface area contributed by atoms with Crippen LogP contribution in [0.3, 0.4) is 0 Å². The fourth-order valence-electron chi connectivity index (χ4n) is 4.09. The van der Waals surface area contributed by atoms with E-state index in [4.69, 9.17) is 16.2 Å². The maximum Gasteiger partial charge on any atom is 0.246 e. The van der Waals surface area contributed by atoms with E-state index in [9.17, 15) is 4.79 Å². The fraction of sp³-hybridized carbons (Fsp3) is 0.240. The van der Waals surface area contributed by atoms with Crippen LogP contribution in [-0.2, 0) is 4.79 Å². The van der Waals surface area contributed by atoms with Crippen LogP contribution in [0.1, 0.15) is 31.9 Å². The average molecular weight is 429 g/mol. The van der Waals surface area contributed by atoms with Gasteiger partial charge in [-0.2, -0.15) is 5.10 Å². The van der Waals surface area contributed by atoms with Gasteiger partial charge < -0.3 is 21.4 Å². The first-order valence-electron chi connectivity index (χ1n) is 10.8. The third kappa shape index (κ3) is 4.27. The van der Waals surface area contributed by atoms with Crippen molar-refractivity contribution in [2.75, 3.05) is 24.1 Å². The summed E-state index contributed by atoms with van der Waals surface area (Å²) in [6, 6.07) is 17.9. The topological polar surface area (TPSA) is 100 Å². The lowest BCUT2D eigenvalue weighted by molar-refractivity contribution is -0.125. The number of nitrogen functional groups attached to an aromatic ring is 1. The van der Waals surface area contributed by atoms with Crippen molar-refractivity contribution in [1.82, 2.24) is 14.7 Å². The number of likely N-dealkylation sites (tertiary alicyclic amines) is 1. The molecule has 7 nitrogen and oxygen atoms in total. The number of benzene rings is 2. The van der Waals surface area contributed by atoms with Gasteiger partial charge in [0, 0.05) is 35.7 Å². The van der Waals surface area contributed by atoms with Crippen molar-refractivity contribution in [2.45, 2.75) is 26.3 Å². The average Bonchev–Trinajstić information content (AvgIpc) is 3.40. The second kappa shape index (κ2) is 9.09. The van der Waals surface area contributed by atoms with Crippen molar-refractivity contribution in [3.63, 3.8) is 0 Å². The Balaban J connectivity index is 1.61. The molecular weight excluding hydrogens is 400 g/mol. The zero-order valence-corrected chi connectivity index (χ0v) is 18.4. The minimum Gasteiger partial charge on any atom is -0.383 e. The van der Waals surface area contributed by atoms with Crippen LogP contribution in [0.5, 0.6) is 0 Å². The molecule has 1 aromatic heterocycles. The Labute approximate surface area is 188 Å². The lowest BCUT2D eigenvalue weighted by Gasteiger charge is -2.15. The van der Waals surface area contributed by atoms with Crippen LogP contribution in [0, 0.1) is 5.41 Å². The third-order valence-corrected chi connectivity index (χ3v) is 5.67. The highest BCUT2D eigenvalue weighted by molar-refractivity contribution is 6.05. The highest BCUT2D eigenvalue weighted by atomic mass is 16.2. The molecule has 1 unspecified atom stereocenters. The number of nitrogens with one attached hydrogen (secondary N) is 2. The first kappa shape index (κ1) is 21.4. The molecule has 0 radical (unpaired) electrons. The second-order valence-corrected chi connectivity index (χ2v) is 7.97. The monoisotopic (exact) mass is 428 g/mol. The summed E-state index contributed by atoms with van der Waals surface area (Å²) in [5.74, 6) is 0.482. The minimum absolute atomic E-state index is 0.00456. The van der Waals surface area contributed by atoms with Gasteiger partial charge in [0.05, 0.1) is 11.6 Å². The summed E-state index contributed by atoms with van der Waals surface area (Å²) in [4.78, 5) is 14.0. The summed E-state index contributed by atoms with van der Waals surface area (Å²) in [7, 11) is 0. The predicted octanol–water partition coefficient (Wildman–Crippen LogP) is 4.61. The van der Waals surface area contributed by atoms with Gasteiger partial charge in [0.15, 0.2) is 0 Å². The summed E-state index contributed by atoms with van der Waals surface area (Å²) < 4.78 is 1.79. The van der Waals surface area contributed by atoms with Crippen molar-refractivity contribution >= 4 is 28.8 Å². The zero-order chi connectivity index (χ0) is 22.7. The molecule has 2 aromatic carbocycles. The predicted molar refractivity (Wildman–Crippen MR) is 129 cm³/mol. The molecule has 4 rings (SSSR count). The number of amides is 1. The molecule has 0 saturated carbocycles. The van der Waals surface area contributed by atoms with Gasteiger partial charge in [-0.25, -0.2) is 4.68 Å². The molecule has 1 aliphatic heterocycles. The van der Waals surface area contributed by atoms with Crippen LogP contribution < -0.4 is 11.1 Å². The number of carbonyl (C=O) groups excluding carboxylic acids is 1. The van der Waals surface area contributed by atoms with Crippen molar-refractivity contribution in [3.8, 4) is 11.3 Å². The number of nitrogens with zero attached hydrogens (tertiary/aromatic N) is 3. The lowest BCUT2D eigenvalue weighted by atomic mass is 10.0. The van der Waals surface area contributed by atoms with E-state index in [1.54, 1.807) is 23.8 Å². The highest BCUT2D eigenvalue weighted by Crippen LogP contribution is 2.33. The molecule has 164 valence electrons. The Morgan fingerprint density at radius 2 is 1.84 bits per heavy atom. The van der Waals surface area contributed by atoms with Crippen molar-refractivity contribution in [2.24, 2.45) is 0 Å². The number of anilines is 3. The number of allylic oxidation sites excluding steroid dienone is 1. The summed E-state index contributed by atoms with van der Waals surface area (Å²) in [5.41, 5.74) is 11.1. The van der Waals surface area contributed by atoms with Crippen LogP contribution in [0.2, 0.25) is 0 Å². The van der Waals surface area contributed by atoms with E-state index < -0.39 is 0 Å². The molecule has 0 bridgehead atoms. The van der Waals surface area contributed by atoms with Gasteiger partial charge in [0.2, 0.25) is 5.91 Å². The van der Waals surface area contributed by atoms with E-state index in [0.717, 1.165) is 23.4 Å². The second-order valence-electron chi connectivity index (χ2n) is 7.97. The molecule has 4 N–H and O–H groups in total. The standard InChI is InChI=1S/C25H28N6O/c1-3-7-22(32)30-15-14-21(16-30)31-25(27)23(17(2)26)24(29-31)18-10-12-20(13-11-18)28-19-8-5-4-6-9-19/h3-13,21,26,28H,14-16,27H2,1-2H3/b7-3+,26-17?. The van der Waals surface area contributed by atoms with Crippen LogP contribution >= 0.6 is 0 Å². The van der Waals surface area contributed by atoms with Gasteiger partial charge in [-0.3, -0.25) is 4.79 Å². The van der Waals surface area contributed by atoms with E-state index in [2.05, 4.69) is 5.32 Å². The SMILES string of the molecule is C/C=C/C(=O)N1CCC(n2nc(-c3ccc(Nc4ccccc4)cc3)c(C(C)=N)c2N)C1. The molecular formula is C25H28N6O. The summed E-state index contributed by atoms with van der Waals surface area (Å²) in [6.07, 6.45) is 4.12. The number of para-hydroxylation sites is 1. The molecule has 1 fully saturated rings. The maximum absolute atomic E-state index is 12.2. The number of aromatic nitrogens is 2. The summed E-state index contributed by atoms with van der Waals surface area (Å²) in [5, 5.41) is 16.5. The van der Waals surface area contributed by atoms with Crippen LogP contribution in [0.4, 0.5) is 17.2 Å². The number of nitrogens with two attached hydrogens (primary N) is 1. The summed E-state index contributed by atoms with van der Waals surface area (Å²) in [6.45, 7) is 4.79. The molecule has 2 heterocycles. The van der Waals surface area contributed by atoms with Crippen LogP contribution in [0.15, 0.2) is 66.7 Å². The molecule has 3 aromatic rings. The molecule has 7 heteroatoms. The number of hydrogen-bond donors (Lipinski definition) is 3. The molecule has 0 aliphatic carbocycles. The Hall–Kier alpha value is -3.87. The molecule has 1 atom stereocenters. The third-order valence-electron chi connectivity index (χ3n) is 5.67. The minimum atomic E-state index is -0.00456. The normalized spacial score (nSPS) is 15.9. The van der Waals surface area contributed by atoms with E-state index in [0.29, 0.717) is 35.9 Å². The Kier molecular flexibility index (Phi) is 6.07. The Morgan fingerprint density at radius 1 is 1.16 bits per heavy atom. The van der Waals surface area contributed by atoms with Gasteiger partial charge in [0.1, 0.15) is 11.5 Å². The van der Waals surface area contributed by atoms with Crippen LogP contribution in [-0.4, -0.2) is 39.4 Å². The van der Waals surface area contributed by atoms with E-state index in [1.807, 2.05) is 66.4 Å². The molecule has 32 heavy (non-hydrogen) atoms. The highest BCUT2D eigenvalue weighted by Gasteiger charge is 2.30. The quantitative estimate of drug-likeness (QED) is 0.394. The van der Waals surface area contributed by atoms with Gasteiger partial charge >= 0.3 is 0 Å². The smallest absolute Gasteiger partial charge is 0.246 e. The molecule has 0 spiro atoms. The van der Waals surface area contributed by atoms with Gasteiger partial charge in [-0.1, -0.05) is 36.4 Å². The van der Waals surface area contributed by atoms with Gasteiger partial charge in [0.25, 0.3) is 0 Å². The summed E-state index contributed by atoms with van der Waals surface area (Å²) >= 11 is 0. The van der Waals surface area contributed by atoms with E-state index in [-0.39, 0.29) is 11.9 Å². The maximum atomic E-state index is 12.2. The van der Waals surface area contributed by atoms with Gasteiger partial charge in [-0.05, 0) is 50.6 Å². The molecule has 1 amide bonds. The van der Waals surface area contributed by atoms with Gasteiger partial charge in [-0.15, -0.1) is 0 Å². The number of carbonyl (C=O) groups is 1. The molecule has 1 aliphatic rings. The molecule has 1 saturated heterocycles.